The van der Waals surface area contributed by atoms with Crippen LogP contribution in [0.1, 0.15) is 23.2 Å². The maximum atomic E-state index is 12.5. The van der Waals surface area contributed by atoms with Gasteiger partial charge in [-0.3, -0.25) is 4.79 Å². The van der Waals surface area contributed by atoms with Crippen LogP contribution in [0.3, 0.4) is 0 Å². The molecule has 0 aliphatic carbocycles. The first-order chi connectivity index (χ1) is 11.0. The molecule has 24 heavy (non-hydrogen) atoms. The Morgan fingerprint density at radius 1 is 1.33 bits per heavy atom. The third-order valence-electron chi connectivity index (χ3n) is 4.02. The summed E-state index contributed by atoms with van der Waals surface area (Å²) < 4.78 is 34.3. The smallest absolute Gasteiger partial charge is 0.387 e. The number of benzene rings is 1. The Labute approximate surface area is 146 Å². The molecule has 1 aliphatic rings. The second kappa shape index (κ2) is 9.64. The third-order valence-corrected chi connectivity index (χ3v) is 4.02. The van der Waals surface area contributed by atoms with E-state index >= 15 is 0 Å². The van der Waals surface area contributed by atoms with Gasteiger partial charge in [0.15, 0.2) is 11.5 Å². The number of halogens is 3. The molecule has 0 saturated carbocycles. The van der Waals surface area contributed by atoms with Crippen molar-refractivity contribution < 1.29 is 23.0 Å². The van der Waals surface area contributed by atoms with Crippen LogP contribution >= 0.6 is 12.4 Å². The minimum absolute atomic E-state index is 0. The standard InChI is InChI=1S/C16H22F2N2O3.ClH/c1-19-10-11-5-7-20(8-6-11)15(21)12-3-4-13(22-2)14(9-12)23-16(17)18;/h3-4,9,11,16,19H,5-8,10H2,1-2H3;1H. The molecule has 0 bridgehead atoms. The maximum Gasteiger partial charge on any atom is 0.387 e. The van der Waals surface area contributed by atoms with Crippen molar-refractivity contribution in [1.82, 2.24) is 10.2 Å². The predicted octanol–water partition coefficient (Wildman–Crippen LogP) is 2.79. The molecular weight excluding hydrogens is 342 g/mol. The van der Waals surface area contributed by atoms with Crippen molar-refractivity contribution in [2.75, 3.05) is 33.8 Å². The predicted molar refractivity (Wildman–Crippen MR) is 89.4 cm³/mol. The minimum atomic E-state index is -2.97. The van der Waals surface area contributed by atoms with Crippen LogP contribution in [-0.2, 0) is 0 Å². The van der Waals surface area contributed by atoms with Gasteiger partial charge in [-0.2, -0.15) is 8.78 Å². The van der Waals surface area contributed by atoms with E-state index in [4.69, 9.17) is 4.74 Å². The van der Waals surface area contributed by atoms with E-state index in [0.29, 0.717) is 24.6 Å². The van der Waals surface area contributed by atoms with E-state index < -0.39 is 6.61 Å². The second-order valence-corrected chi connectivity index (χ2v) is 5.54. The summed E-state index contributed by atoms with van der Waals surface area (Å²) in [5.41, 5.74) is 0.327. The number of nitrogens with zero attached hydrogens (tertiary/aromatic N) is 1. The van der Waals surface area contributed by atoms with Crippen molar-refractivity contribution in [1.29, 1.82) is 0 Å². The molecule has 1 fully saturated rings. The number of ether oxygens (including phenoxy) is 2. The summed E-state index contributed by atoms with van der Waals surface area (Å²) in [6.45, 7) is -0.687. The molecule has 1 saturated heterocycles. The Morgan fingerprint density at radius 2 is 2.00 bits per heavy atom. The number of carbonyl (C=O) groups excluding carboxylic acids is 1. The highest BCUT2D eigenvalue weighted by Crippen LogP contribution is 2.30. The molecule has 0 unspecified atom stereocenters. The monoisotopic (exact) mass is 364 g/mol. The quantitative estimate of drug-likeness (QED) is 0.843. The number of hydrogen-bond acceptors (Lipinski definition) is 4. The van der Waals surface area contributed by atoms with E-state index in [2.05, 4.69) is 10.1 Å². The lowest BCUT2D eigenvalue weighted by molar-refractivity contribution is -0.0512. The summed E-state index contributed by atoms with van der Waals surface area (Å²) in [5, 5.41) is 3.15. The fraction of sp³-hybridized carbons (Fsp3) is 0.562. The molecular formula is C16H23ClF2N2O3. The molecule has 2 rings (SSSR count). The third kappa shape index (κ3) is 5.21. The lowest BCUT2D eigenvalue weighted by Crippen LogP contribution is -2.40. The van der Waals surface area contributed by atoms with Gasteiger partial charge in [-0.15, -0.1) is 12.4 Å². The molecule has 1 aliphatic heterocycles. The molecule has 1 amide bonds. The molecule has 5 nitrogen and oxygen atoms in total. The highest BCUT2D eigenvalue weighted by atomic mass is 35.5. The topological polar surface area (TPSA) is 50.8 Å². The van der Waals surface area contributed by atoms with E-state index in [0.717, 1.165) is 19.4 Å². The molecule has 0 atom stereocenters. The number of hydrogen-bond donors (Lipinski definition) is 1. The fourth-order valence-corrected chi connectivity index (χ4v) is 2.81. The highest BCUT2D eigenvalue weighted by molar-refractivity contribution is 5.95. The largest absolute Gasteiger partial charge is 0.493 e. The van der Waals surface area contributed by atoms with Crippen LogP contribution in [0.2, 0.25) is 0 Å². The van der Waals surface area contributed by atoms with Gasteiger partial charge in [0.1, 0.15) is 0 Å². The van der Waals surface area contributed by atoms with E-state index in [1.165, 1.54) is 19.2 Å². The van der Waals surface area contributed by atoms with Crippen LogP contribution in [0.4, 0.5) is 8.78 Å². The van der Waals surface area contributed by atoms with Crippen molar-refractivity contribution >= 4 is 18.3 Å². The molecule has 1 aromatic rings. The summed E-state index contributed by atoms with van der Waals surface area (Å²) in [4.78, 5) is 14.3. The zero-order valence-corrected chi connectivity index (χ0v) is 14.6. The highest BCUT2D eigenvalue weighted by Gasteiger charge is 2.24. The van der Waals surface area contributed by atoms with Gasteiger partial charge in [0.25, 0.3) is 5.91 Å². The zero-order chi connectivity index (χ0) is 16.8. The van der Waals surface area contributed by atoms with Crippen LogP contribution in [0.15, 0.2) is 18.2 Å². The molecule has 8 heteroatoms. The molecule has 0 spiro atoms. The average Bonchev–Trinajstić information content (AvgIpc) is 2.54. The Morgan fingerprint density at radius 3 is 2.54 bits per heavy atom. The number of carbonyl (C=O) groups is 1. The summed E-state index contributed by atoms with van der Waals surface area (Å²) in [7, 11) is 3.28. The van der Waals surface area contributed by atoms with Gasteiger partial charge in [0.05, 0.1) is 7.11 Å². The van der Waals surface area contributed by atoms with Gasteiger partial charge in [-0.05, 0) is 50.6 Å². The second-order valence-electron chi connectivity index (χ2n) is 5.54. The number of amides is 1. The van der Waals surface area contributed by atoms with E-state index in [1.54, 1.807) is 11.0 Å². The summed E-state index contributed by atoms with van der Waals surface area (Å²) >= 11 is 0. The number of methoxy groups -OCH3 is 1. The lowest BCUT2D eigenvalue weighted by atomic mass is 9.96. The van der Waals surface area contributed by atoms with Crippen LogP contribution in [0, 0.1) is 5.92 Å². The van der Waals surface area contributed by atoms with Crippen LogP contribution in [0.25, 0.3) is 0 Å². The van der Waals surface area contributed by atoms with Crippen LogP contribution in [0.5, 0.6) is 11.5 Å². The Balaban J connectivity index is 0.00000288. The van der Waals surface area contributed by atoms with Crippen molar-refractivity contribution in [3.8, 4) is 11.5 Å². The summed E-state index contributed by atoms with van der Waals surface area (Å²) in [6.07, 6.45) is 1.87. The Hall–Kier alpha value is -1.60. The molecule has 0 aromatic heterocycles. The summed E-state index contributed by atoms with van der Waals surface area (Å²) in [5.74, 6) is 0.445. The van der Waals surface area contributed by atoms with Crippen LogP contribution in [-0.4, -0.2) is 51.2 Å². The molecule has 0 radical (unpaired) electrons. The van der Waals surface area contributed by atoms with Crippen molar-refractivity contribution in [2.24, 2.45) is 5.92 Å². The fourth-order valence-electron chi connectivity index (χ4n) is 2.81. The maximum absolute atomic E-state index is 12.5. The first kappa shape index (κ1) is 20.4. The molecule has 1 N–H and O–H groups in total. The number of alkyl halides is 2. The number of nitrogens with one attached hydrogen (secondary N) is 1. The lowest BCUT2D eigenvalue weighted by Gasteiger charge is -2.32. The molecule has 1 aromatic carbocycles. The number of rotatable bonds is 6. The zero-order valence-electron chi connectivity index (χ0n) is 13.8. The Kier molecular flexibility index (Phi) is 8.21. The molecule has 1 heterocycles. The van der Waals surface area contributed by atoms with Gasteiger partial charge in [-0.25, -0.2) is 0 Å². The van der Waals surface area contributed by atoms with E-state index in [9.17, 15) is 13.6 Å². The average molecular weight is 365 g/mol. The number of piperidine rings is 1. The van der Waals surface area contributed by atoms with E-state index in [-0.39, 0.29) is 29.8 Å². The van der Waals surface area contributed by atoms with Crippen molar-refractivity contribution in [3.63, 3.8) is 0 Å². The van der Waals surface area contributed by atoms with Gasteiger partial charge in [0.2, 0.25) is 0 Å². The summed E-state index contributed by atoms with van der Waals surface area (Å²) in [6, 6.07) is 4.35. The molecule has 136 valence electrons. The van der Waals surface area contributed by atoms with Crippen molar-refractivity contribution in [3.05, 3.63) is 23.8 Å². The first-order valence-corrected chi connectivity index (χ1v) is 7.62. The number of likely N-dealkylation sites (tertiary alicyclic amines) is 1. The SMILES string of the molecule is CNCC1CCN(C(=O)c2ccc(OC)c(OC(F)F)c2)CC1.Cl. The Bertz CT molecular complexity index is 538. The van der Waals surface area contributed by atoms with Crippen LogP contribution < -0.4 is 14.8 Å². The van der Waals surface area contributed by atoms with Gasteiger partial charge in [0, 0.05) is 18.7 Å². The van der Waals surface area contributed by atoms with Gasteiger partial charge < -0.3 is 19.7 Å². The van der Waals surface area contributed by atoms with E-state index in [1.807, 2.05) is 7.05 Å². The normalized spacial score (nSPS) is 15.1. The van der Waals surface area contributed by atoms with Crippen molar-refractivity contribution in [2.45, 2.75) is 19.5 Å². The first-order valence-electron chi connectivity index (χ1n) is 7.62. The minimum Gasteiger partial charge on any atom is -0.493 e. The van der Waals surface area contributed by atoms with Gasteiger partial charge >= 0.3 is 6.61 Å². The van der Waals surface area contributed by atoms with Gasteiger partial charge in [-0.1, -0.05) is 0 Å².